The maximum Gasteiger partial charge on any atom is 0.294 e. The lowest BCUT2D eigenvalue weighted by Crippen LogP contribution is -2.30. The van der Waals surface area contributed by atoms with E-state index in [0.717, 1.165) is 110 Å². The minimum Gasteiger partial charge on any atom is -0.494 e. The Bertz CT molecular complexity index is 4230. The lowest BCUT2D eigenvalue weighted by Gasteiger charge is -2.27. The molecule has 2 fully saturated rings. The van der Waals surface area contributed by atoms with E-state index in [2.05, 4.69) is 47.8 Å². The molecule has 7 aromatic rings. The van der Waals surface area contributed by atoms with Gasteiger partial charge in [0.1, 0.15) is 34.5 Å². The zero-order valence-corrected chi connectivity index (χ0v) is 61.5. The average molecular weight is 1480 g/mol. The van der Waals surface area contributed by atoms with Gasteiger partial charge in [-0.05, 0) is 159 Å². The van der Waals surface area contributed by atoms with E-state index in [-0.39, 0.29) is 54.5 Å². The highest BCUT2D eigenvalue weighted by Gasteiger charge is 2.27. The molecule has 9 rings (SSSR count). The molecule has 0 unspecified atom stereocenters. The Morgan fingerprint density at radius 3 is 1.29 bits per heavy atom. The Kier molecular flexibility index (Phi) is 26.2. The SMILES string of the molecule is CCCCSc1nc(Nc2cc(N(CC)CC)c(OC)cc2N=Nc2nc(N3CCCCC3)c(/C=C(/C(C)=O)C(=O)Nc3ccc(S(=O)(=O)O)cc3)s2)nc(Nc2cc(N(CC)CC)c(OC)cc2N=Nc2nc(N3CCCCC3)c(/C=C(\C(C)=O)C(=O)Nc3ccc(S(=O)(=O)O)cc3)s2)n1. The number of unbranched alkanes of at least 4 members (excludes halogenated alkanes) is 1. The third-order valence-corrected chi connectivity index (χ3v) is 20.7. The molecule has 2 aliphatic rings. The van der Waals surface area contributed by atoms with Crippen molar-refractivity contribution >= 4 is 169 Å². The van der Waals surface area contributed by atoms with Crippen molar-refractivity contribution in [2.75, 3.05) is 113 Å². The molecule has 4 aromatic carbocycles. The van der Waals surface area contributed by atoms with Crippen molar-refractivity contribution in [1.82, 2.24) is 24.9 Å². The van der Waals surface area contributed by atoms with Crippen LogP contribution in [0.15, 0.2) is 119 Å². The van der Waals surface area contributed by atoms with Gasteiger partial charge in [0, 0.05) is 81.6 Å². The van der Waals surface area contributed by atoms with Crippen molar-refractivity contribution in [2.24, 2.45) is 20.5 Å². The van der Waals surface area contributed by atoms with Crippen LogP contribution < -0.4 is 50.3 Å². The first-order valence-electron chi connectivity index (χ1n) is 32.9. The number of methoxy groups -OCH3 is 2. The molecule has 29 nitrogen and oxygen atoms in total. The first kappa shape index (κ1) is 75.9. The van der Waals surface area contributed by atoms with Gasteiger partial charge in [0.25, 0.3) is 32.1 Å². The van der Waals surface area contributed by atoms with Crippen molar-refractivity contribution in [3.05, 3.63) is 93.7 Å². The third-order valence-electron chi connectivity index (χ3n) is 16.3. The van der Waals surface area contributed by atoms with Crippen LogP contribution in [0.2, 0.25) is 0 Å². The summed E-state index contributed by atoms with van der Waals surface area (Å²) in [4.78, 5) is 87.6. The van der Waals surface area contributed by atoms with Crippen LogP contribution in [-0.4, -0.2) is 147 Å². The second-order valence-electron chi connectivity index (χ2n) is 23.1. The number of hydrogen-bond donors (Lipinski definition) is 6. The molecule has 0 radical (unpaired) electrons. The fourth-order valence-electron chi connectivity index (χ4n) is 11.0. The van der Waals surface area contributed by atoms with Gasteiger partial charge < -0.3 is 50.3 Å². The molecule has 536 valence electrons. The normalized spacial score (nSPS) is 13.9. The zero-order chi connectivity index (χ0) is 72.5. The molecule has 101 heavy (non-hydrogen) atoms. The number of carbonyl (C=O) groups is 4. The number of azo groups is 2. The zero-order valence-electron chi connectivity index (χ0n) is 57.4. The van der Waals surface area contributed by atoms with E-state index in [0.29, 0.717) is 119 Å². The van der Waals surface area contributed by atoms with Gasteiger partial charge in [0.05, 0.1) is 67.7 Å². The first-order valence-corrected chi connectivity index (χ1v) is 38.4. The molecule has 34 heteroatoms. The standard InChI is InChI=1S/C67H81N17O12S5/c1-10-15-34-97-65-75-63(70-49-37-53(81(11-2)12-3)55(95-8)39-51(49)77-79-66-72-59(83-30-18-16-19-31-83)57(98-66)35-47(41(6)85)61(87)68-43-22-26-45(27-23-43)100(89,90)91)74-64(76-65)71-50-38-54(82(13-4)14-5)56(96-9)40-52(50)78-80-67-73-60(84-32-20-17-21-33-84)58(99-67)36-48(42(7)86)62(88)69-44-24-28-46(29-25-44)101(92,93)94/h22-29,35-40H,10-21,30-34H2,1-9H3,(H,68,87)(H,69,88)(H,89,90,91)(H,92,93,94)(H2,70,71,74,75,76)/b47-35-,48-36+,79-77?,80-78?. The number of thioether (sulfide) groups is 1. The minimum absolute atomic E-state index is 0.134. The number of anilines is 10. The van der Waals surface area contributed by atoms with E-state index < -0.39 is 43.6 Å². The topological polar surface area (TPSA) is 370 Å². The van der Waals surface area contributed by atoms with Gasteiger partial charge in [-0.1, -0.05) is 47.8 Å². The Balaban J connectivity index is 1.10. The number of thiazole rings is 2. The van der Waals surface area contributed by atoms with Gasteiger partial charge in [-0.15, -0.1) is 20.5 Å². The summed E-state index contributed by atoms with van der Waals surface area (Å²) in [6, 6.07) is 17.0. The Hall–Kier alpha value is -9.32. The Labute approximate surface area is 599 Å². The van der Waals surface area contributed by atoms with Gasteiger partial charge >= 0.3 is 0 Å². The highest BCUT2D eigenvalue weighted by atomic mass is 32.2. The van der Waals surface area contributed by atoms with Gasteiger partial charge in [-0.25, -0.2) is 0 Å². The van der Waals surface area contributed by atoms with Crippen LogP contribution in [0.1, 0.15) is 110 Å². The van der Waals surface area contributed by atoms with Crippen LogP contribution in [0.3, 0.4) is 0 Å². The van der Waals surface area contributed by atoms with E-state index in [4.69, 9.17) is 54.9 Å². The lowest BCUT2D eigenvalue weighted by atomic mass is 10.1. The summed E-state index contributed by atoms with van der Waals surface area (Å²) in [5.74, 6) is 0.387. The van der Waals surface area contributed by atoms with Gasteiger partial charge in [-0.2, -0.15) is 41.8 Å². The molecule has 5 heterocycles. The van der Waals surface area contributed by atoms with Gasteiger partial charge in [-0.3, -0.25) is 28.3 Å². The molecular weight excluding hydrogens is 1400 g/mol. The molecule has 3 aromatic heterocycles. The van der Waals surface area contributed by atoms with Crippen molar-refractivity contribution < 1.29 is 54.6 Å². The summed E-state index contributed by atoms with van der Waals surface area (Å²) in [5, 5.41) is 32.0. The fraction of sp³-hybridized carbons (Fsp3) is 0.388. The maximum absolute atomic E-state index is 13.8. The van der Waals surface area contributed by atoms with Gasteiger partial charge in [0.2, 0.25) is 22.2 Å². The highest BCUT2D eigenvalue weighted by Crippen LogP contribution is 2.45. The maximum atomic E-state index is 13.8. The van der Waals surface area contributed by atoms with Gasteiger partial charge in [0.15, 0.2) is 16.7 Å². The van der Waals surface area contributed by atoms with E-state index in [1.165, 1.54) is 62.0 Å². The smallest absolute Gasteiger partial charge is 0.294 e. The number of nitrogens with one attached hydrogen (secondary N) is 4. The number of ketones is 2. The highest BCUT2D eigenvalue weighted by molar-refractivity contribution is 7.99. The number of piperidine rings is 2. The average Bonchev–Trinajstić information content (AvgIpc) is 1.76. The molecule has 6 N–H and O–H groups in total. The van der Waals surface area contributed by atoms with Crippen LogP contribution in [0.5, 0.6) is 11.5 Å². The monoisotopic (exact) mass is 1480 g/mol. The molecule has 0 atom stereocenters. The van der Waals surface area contributed by atoms with Crippen LogP contribution in [0, 0.1) is 0 Å². The quantitative estimate of drug-likeness (QED) is 0.00434. The molecule has 2 amide bonds. The summed E-state index contributed by atoms with van der Waals surface area (Å²) >= 11 is 3.70. The van der Waals surface area contributed by atoms with E-state index in [1.807, 2.05) is 39.8 Å². The van der Waals surface area contributed by atoms with Crippen LogP contribution in [0.4, 0.5) is 79.3 Å². The number of rotatable bonds is 32. The van der Waals surface area contributed by atoms with Crippen LogP contribution >= 0.6 is 34.4 Å². The predicted molar refractivity (Wildman–Crippen MR) is 397 cm³/mol. The number of amides is 2. The first-order chi connectivity index (χ1) is 48.4. The van der Waals surface area contributed by atoms with Crippen molar-refractivity contribution in [3.63, 3.8) is 0 Å². The molecular formula is C67H81N17O12S5. The summed E-state index contributed by atoms with van der Waals surface area (Å²) < 4.78 is 77.8. The second kappa shape index (κ2) is 34.8. The number of benzene rings is 4. The van der Waals surface area contributed by atoms with E-state index in [1.54, 1.807) is 26.4 Å². The Morgan fingerprint density at radius 2 is 0.950 bits per heavy atom. The Morgan fingerprint density at radius 1 is 0.564 bits per heavy atom. The van der Waals surface area contributed by atoms with Crippen LogP contribution in [0.25, 0.3) is 12.2 Å². The molecule has 0 spiro atoms. The van der Waals surface area contributed by atoms with E-state index >= 15 is 0 Å². The van der Waals surface area contributed by atoms with Crippen LogP contribution in [-0.2, 0) is 39.4 Å². The second-order valence-corrected chi connectivity index (χ2v) is 29.1. The molecule has 2 saturated heterocycles. The minimum atomic E-state index is -4.49. The number of hydrogen-bond acceptors (Lipinski definition) is 28. The molecule has 0 aliphatic carbocycles. The van der Waals surface area contributed by atoms with Crippen molar-refractivity contribution in [1.29, 1.82) is 0 Å². The number of carbonyl (C=O) groups excluding carboxylic acids is 4. The van der Waals surface area contributed by atoms with Crippen molar-refractivity contribution in [3.8, 4) is 11.5 Å². The lowest BCUT2D eigenvalue weighted by molar-refractivity contribution is -0.120. The number of aromatic nitrogens is 5. The third kappa shape index (κ3) is 19.8. The predicted octanol–water partition coefficient (Wildman–Crippen LogP) is 14.4. The summed E-state index contributed by atoms with van der Waals surface area (Å²) in [5.41, 5.74) is 2.93. The summed E-state index contributed by atoms with van der Waals surface area (Å²) in [6.45, 7) is 17.9. The number of ether oxygens (including phenoxy) is 2. The summed E-state index contributed by atoms with van der Waals surface area (Å²) in [6.07, 6.45) is 10.3. The largest absolute Gasteiger partial charge is 0.494 e. The molecule has 0 saturated carbocycles. The number of nitrogens with zero attached hydrogens (tertiary/aromatic N) is 13. The fourth-order valence-corrected chi connectivity index (χ4v) is 14.6. The van der Waals surface area contributed by atoms with E-state index in [9.17, 15) is 45.1 Å². The number of Topliss-reactive ketones (excluding diaryl/α,β-unsaturated/α-hetero) is 2. The molecule has 0 bridgehead atoms. The molecule has 2 aliphatic heterocycles. The summed E-state index contributed by atoms with van der Waals surface area (Å²) in [7, 11) is -5.85. The van der Waals surface area contributed by atoms with Crippen molar-refractivity contribution in [2.45, 2.75) is 115 Å².